The lowest BCUT2D eigenvalue weighted by atomic mass is 10.00. The molecule has 0 aromatic heterocycles. The third-order valence-electron chi connectivity index (χ3n) is 4.61. The number of amides is 1. The van der Waals surface area contributed by atoms with Crippen molar-refractivity contribution in [1.82, 2.24) is 9.21 Å². The fraction of sp³-hybridized carbons (Fsp3) is 0.556. The Labute approximate surface area is 155 Å². The van der Waals surface area contributed by atoms with Crippen molar-refractivity contribution in [3.05, 3.63) is 29.8 Å². The second-order valence-electron chi connectivity index (χ2n) is 6.53. The van der Waals surface area contributed by atoms with Crippen LogP contribution in [0.5, 0.6) is 0 Å². The summed E-state index contributed by atoms with van der Waals surface area (Å²) in [6, 6.07) is 5.69. The van der Waals surface area contributed by atoms with Crippen LogP contribution in [-0.4, -0.2) is 62.8 Å². The average molecular weight is 382 g/mol. The minimum absolute atomic E-state index is 0.0919. The molecule has 26 heavy (non-hydrogen) atoms. The van der Waals surface area contributed by atoms with Crippen LogP contribution in [0.25, 0.3) is 0 Å². The quantitative estimate of drug-likeness (QED) is 0.702. The Morgan fingerprint density at radius 3 is 2.42 bits per heavy atom. The van der Waals surface area contributed by atoms with Crippen molar-refractivity contribution in [2.75, 3.05) is 27.2 Å². The van der Waals surface area contributed by atoms with Crippen molar-refractivity contribution < 1.29 is 22.7 Å². The molecule has 0 aliphatic carbocycles. The maximum atomic E-state index is 12.3. The first kappa shape index (κ1) is 20.4. The fourth-order valence-corrected chi connectivity index (χ4v) is 3.92. The lowest BCUT2D eigenvalue weighted by molar-refractivity contribution is -0.138. The van der Waals surface area contributed by atoms with Gasteiger partial charge in [-0.3, -0.25) is 4.79 Å². The van der Waals surface area contributed by atoms with Crippen LogP contribution in [0.1, 0.15) is 43.0 Å². The molecule has 0 bridgehead atoms. The SMILES string of the molecule is CC[C@@H]1CCCCN1C(=O)COC(=O)c1ccc(S(=O)(=O)N(C)C)cc1. The summed E-state index contributed by atoms with van der Waals surface area (Å²) in [4.78, 5) is 26.3. The van der Waals surface area contributed by atoms with Gasteiger partial charge in [-0.1, -0.05) is 6.92 Å². The third kappa shape index (κ3) is 4.62. The van der Waals surface area contributed by atoms with Crippen molar-refractivity contribution >= 4 is 21.9 Å². The molecule has 1 aromatic carbocycles. The molecule has 7 nitrogen and oxygen atoms in total. The van der Waals surface area contributed by atoms with Gasteiger partial charge in [0.1, 0.15) is 0 Å². The monoisotopic (exact) mass is 382 g/mol. The normalized spacial score (nSPS) is 18.0. The van der Waals surface area contributed by atoms with Crippen LogP contribution >= 0.6 is 0 Å². The highest BCUT2D eigenvalue weighted by molar-refractivity contribution is 7.89. The molecule has 1 aliphatic rings. The summed E-state index contributed by atoms with van der Waals surface area (Å²) in [5.41, 5.74) is 0.209. The van der Waals surface area contributed by atoms with E-state index in [0.29, 0.717) is 6.54 Å². The van der Waals surface area contributed by atoms with E-state index in [-0.39, 0.29) is 29.0 Å². The van der Waals surface area contributed by atoms with Crippen LogP contribution in [-0.2, 0) is 19.6 Å². The number of carbonyl (C=O) groups excluding carboxylic acids is 2. The summed E-state index contributed by atoms with van der Waals surface area (Å²) in [6.07, 6.45) is 3.96. The maximum Gasteiger partial charge on any atom is 0.338 e. The number of hydrogen-bond acceptors (Lipinski definition) is 5. The highest BCUT2D eigenvalue weighted by Gasteiger charge is 2.26. The van der Waals surface area contributed by atoms with Gasteiger partial charge in [-0.2, -0.15) is 0 Å². The van der Waals surface area contributed by atoms with E-state index < -0.39 is 16.0 Å². The molecule has 0 radical (unpaired) electrons. The number of ether oxygens (including phenoxy) is 1. The summed E-state index contributed by atoms with van der Waals surface area (Å²) in [7, 11) is -0.673. The van der Waals surface area contributed by atoms with Crippen molar-refractivity contribution in [3.63, 3.8) is 0 Å². The number of esters is 1. The zero-order valence-corrected chi connectivity index (χ0v) is 16.3. The minimum atomic E-state index is -3.55. The van der Waals surface area contributed by atoms with E-state index in [4.69, 9.17) is 4.74 Å². The molecule has 144 valence electrons. The second-order valence-corrected chi connectivity index (χ2v) is 8.68. The van der Waals surface area contributed by atoms with Crippen molar-refractivity contribution in [2.45, 2.75) is 43.5 Å². The second kappa shape index (κ2) is 8.64. The van der Waals surface area contributed by atoms with Crippen molar-refractivity contribution in [3.8, 4) is 0 Å². The molecule has 0 saturated carbocycles. The molecule has 1 aromatic rings. The van der Waals surface area contributed by atoms with Gasteiger partial charge in [0, 0.05) is 26.7 Å². The Balaban J connectivity index is 1.96. The first-order valence-electron chi connectivity index (χ1n) is 8.76. The molecule has 1 heterocycles. The predicted molar refractivity (Wildman–Crippen MR) is 97.2 cm³/mol. The Kier molecular flexibility index (Phi) is 6.77. The Bertz CT molecular complexity index is 743. The Morgan fingerprint density at radius 1 is 1.19 bits per heavy atom. The summed E-state index contributed by atoms with van der Waals surface area (Å²) in [6.45, 7) is 2.45. The number of nitrogens with zero attached hydrogens (tertiary/aromatic N) is 2. The van der Waals surface area contributed by atoms with Gasteiger partial charge < -0.3 is 9.64 Å². The van der Waals surface area contributed by atoms with Gasteiger partial charge in [-0.15, -0.1) is 0 Å². The summed E-state index contributed by atoms with van der Waals surface area (Å²) in [5.74, 6) is -0.825. The molecule has 0 N–H and O–H groups in total. The van der Waals surface area contributed by atoms with Gasteiger partial charge in [-0.05, 0) is 49.9 Å². The van der Waals surface area contributed by atoms with Gasteiger partial charge in [0.05, 0.1) is 10.5 Å². The van der Waals surface area contributed by atoms with Crippen LogP contribution in [0.15, 0.2) is 29.2 Å². The van der Waals surface area contributed by atoms with Gasteiger partial charge in [0.2, 0.25) is 10.0 Å². The maximum absolute atomic E-state index is 12.3. The Morgan fingerprint density at radius 2 is 1.85 bits per heavy atom. The molecular formula is C18H26N2O5S. The number of hydrogen-bond donors (Lipinski definition) is 0. The zero-order chi connectivity index (χ0) is 19.3. The van der Waals surface area contributed by atoms with Crippen LogP contribution in [0.3, 0.4) is 0 Å². The van der Waals surface area contributed by atoms with E-state index in [1.807, 2.05) is 6.92 Å². The van der Waals surface area contributed by atoms with Gasteiger partial charge in [0.25, 0.3) is 5.91 Å². The first-order valence-corrected chi connectivity index (χ1v) is 10.2. The first-order chi connectivity index (χ1) is 12.3. The van der Waals surface area contributed by atoms with E-state index in [1.54, 1.807) is 4.90 Å². The number of benzene rings is 1. The van der Waals surface area contributed by atoms with Gasteiger partial charge in [-0.25, -0.2) is 17.5 Å². The van der Waals surface area contributed by atoms with Crippen LogP contribution in [0.4, 0.5) is 0 Å². The van der Waals surface area contributed by atoms with E-state index in [2.05, 4.69) is 0 Å². The van der Waals surface area contributed by atoms with Crippen LogP contribution < -0.4 is 0 Å². The minimum Gasteiger partial charge on any atom is -0.452 e. The third-order valence-corrected chi connectivity index (χ3v) is 6.44. The number of likely N-dealkylation sites (tertiary alicyclic amines) is 1. The van der Waals surface area contributed by atoms with Crippen molar-refractivity contribution in [2.24, 2.45) is 0 Å². The standard InChI is InChI=1S/C18H26N2O5S/c1-4-15-7-5-6-12-20(15)17(21)13-25-18(22)14-8-10-16(11-9-14)26(23,24)19(2)3/h8-11,15H,4-7,12-13H2,1-3H3/t15-/m1/s1. The molecule has 1 fully saturated rings. The van der Waals surface area contributed by atoms with Crippen LogP contribution in [0, 0.1) is 0 Å². The lowest BCUT2D eigenvalue weighted by Crippen LogP contribution is -2.45. The van der Waals surface area contributed by atoms with E-state index in [9.17, 15) is 18.0 Å². The largest absolute Gasteiger partial charge is 0.452 e. The van der Waals surface area contributed by atoms with E-state index in [0.717, 1.165) is 30.0 Å². The predicted octanol–water partition coefficient (Wildman–Crippen LogP) is 1.88. The topological polar surface area (TPSA) is 84.0 Å². The summed E-state index contributed by atoms with van der Waals surface area (Å²) >= 11 is 0. The number of piperidine rings is 1. The Hall–Kier alpha value is -1.93. The molecule has 8 heteroatoms. The molecule has 0 spiro atoms. The smallest absolute Gasteiger partial charge is 0.338 e. The number of rotatable bonds is 6. The number of carbonyl (C=O) groups is 2. The molecule has 1 aliphatic heterocycles. The highest BCUT2D eigenvalue weighted by Crippen LogP contribution is 2.20. The van der Waals surface area contributed by atoms with Crippen LogP contribution in [0.2, 0.25) is 0 Å². The molecule has 1 amide bonds. The highest BCUT2D eigenvalue weighted by atomic mass is 32.2. The van der Waals surface area contributed by atoms with E-state index in [1.165, 1.54) is 38.4 Å². The average Bonchev–Trinajstić information content (AvgIpc) is 2.65. The fourth-order valence-electron chi connectivity index (χ4n) is 3.02. The summed E-state index contributed by atoms with van der Waals surface area (Å²) < 4.78 is 30.3. The van der Waals surface area contributed by atoms with E-state index >= 15 is 0 Å². The molecular weight excluding hydrogens is 356 g/mol. The lowest BCUT2D eigenvalue weighted by Gasteiger charge is -2.35. The van der Waals surface area contributed by atoms with Crippen molar-refractivity contribution in [1.29, 1.82) is 0 Å². The molecule has 2 rings (SSSR count). The number of sulfonamides is 1. The molecule has 1 saturated heterocycles. The molecule has 1 atom stereocenters. The zero-order valence-electron chi connectivity index (χ0n) is 15.5. The van der Waals surface area contributed by atoms with Gasteiger partial charge in [0.15, 0.2) is 6.61 Å². The summed E-state index contributed by atoms with van der Waals surface area (Å²) in [5, 5.41) is 0. The van der Waals surface area contributed by atoms with Gasteiger partial charge >= 0.3 is 5.97 Å². The molecule has 0 unspecified atom stereocenters.